The van der Waals surface area contributed by atoms with E-state index in [0.717, 1.165) is 21.0 Å². The van der Waals surface area contributed by atoms with Crippen LogP contribution in [-0.2, 0) is 11.3 Å². The Morgan fingerprint density at radius 1 is 1.69 bits per heavy atom. The molecule has 1 amide bonds. The third-order valence-electron chi connectivity index (χ3n) is 2.12. The second-order valence-electron chi connectivity index (χ2n) is 3.25. The van der Waals surface area contributed by atoms with Crippen molar-refractivity contribution in [2.45, 2.75) is 12.6 Å². The van der Waals surface area contributed by atoms with Crippen LogP contribution in [0.15, 0.2) is 15.2 Å². The summed E-state index contributed by atoms with van der Waals surface area (Å²) in [5.74, 6) is 1.85. The number of hydrogen-bond donors (Lipinski definition) is 2. The van der Waals surface area contributed by atoms with Gasteiger partial charge in [-0.2, -0.15) is 0 Å². The molecule has 1 atom stereocenters. The molecule has 0 spiro atoms. The third-order valence-corrected chi connectivity index (χ3v) is 4.61. The van der Waals surface area contributed by atoms with Gasteiger partial charge in [-0.25, -0.2) is 0 Å². The third kappa shape index (κ3) is 3.92. The van der Waals surface area contributed by atoms with Crippen LogP contribution >= 0.6 is 51.4 Å². The highest BCUT2D eigenvalue weighted by Gasteiger charge is 2.21. The highest BCUT2D eigenvalue weighted by molar-refractivity contribution is 9.11. The first-order valence-corrected chi connectivity index (χ1v) is 7.40. The van der Waals surface area contributed by atoms with Gasteiger partial charge in [-0.05, 0) is 32.9 Å². The van der Waals surface area contributed by atoms with Crippen LogP contribution in [-0.4, -0.2) is 23.6 Å². The zero-order chi connectivity index (χ0) is 10.7. The molecule has 2 heterocycles. The van der Waals surface area contributed by atoms with Gasteiger partial charge in [0.25, 0.3) is 0 Å². The standard InChI is InChI=1S/C9H11BrN2OS2.ClH/c10-8-1-6(3-15-8)2-11-9(13)7-4-14-5-12-7;/h1,3,7,12H,2,4-5H2,(H,11,13);1H. The van der Waals surface area contributed by atoms with Gasteiger partial charge in [0.2, 0.25) is 5.91 Å². The minimum atomic E-state index is -0.0166. The Kier molecular flexibility index (Phi) is 6.13. The predicted molar refractivity (Wildman–Crippen MR) is 75.4 cm³/mol. The van der Waals surface area contributed by atoms with Crippen LogP contribution in [0.25, 0.3) is 0 Å². The van der Waals surface area contributed by atoms with Gasteiger partial charge >= 0.3 is 0 Å². The summed E-state index contributed by atoms with van der Waals surface area (Å²) in [6, 6.07) is 2.01. The zero-order valence-electron chi connectivity index (χ0n) is 8.36. The molecule has 3 nitrogen and oxygen atoms in total. The summed E-state index contributed by atoms with van der Waals surface area (Å²) in [6.45, 7) is 0.615. The smallest absolute Gasteiger partial charge is 0.238 e. The number of rotatable bonds is 3. The first-order chi connectivity index (χ1) is 7.25. The van der Waals surface area contributed by atoms with E-state index >= 15 is 0 Å². The van der Waals surface area contributed by atoms with Crippen LogP contribution in [0.3, 0.4) is 0 Å². The second kappa shape index (κ2) is 6.86. The van der Waals surface area contributed by atoms with Crippen LogP contribution in [0, 0.1) is 0 Å². The van der Waals surface area contributed by atoms with E-state index in [2.05, 4.69) is 26.6 Å². The Balaban J connectivity index is 0.00000128. The largest absolute Gasteiger partial charge is 0.351 e. The van der Waals surface area contributed by atoms with Crippen molar-refractivity contribution in [1.29, 1.82) is 0 Å². The number of halogens is 2. The van der Waals surface area contributed by atoms with Gasteiger partial charge in [0.1, 0.15) is 0 Å². The maximum absolute atomic E-state index is 11.6. The number of carbonyl (C=O) groups is 1. The second-order valence-corrected chi connectivity index (χ2v) is 6.57. The van der Waals surface area contributed by atoms with E-state index in [9.17, 15) is 4.79 Å². The Morgan fingerprint density at radius 3 is 3.06 bits per heavy atom. The summed E-state index contributed by atoms with van der Waals surface area (Å²) in [5, 5.41) is 8.11. The SMILES string of the molecule is Cl.O=C(NCc1csc(Br)c1)C1CSCN1. The van der Waals surface area contributed by atoms with Crippen molar-refractivity contribution in [2.75, 3.05) is 11.6 Å². The highest BCUT2D eigenvalue weighted by atomic mass is 79.9. The van der Waals surface area contributed by atoms with Crippen molar-refractivity contribution < 1.29 is 4.79 Å². The van der Waals surface area contributed by atoms with Crippen molar-refractivity contribution in [3.8, 4) is 0 Å². The average molecular weight is 344 g/mol. The molecule has 1 saturated heterocycles. The Morgan fingerprint density at radius 2 is 2.50 bits per heavy atom. The molecule has 2 N–H and O–H groups in total. The van der Waals surface area contributed by atoms with E-state index < -0.39 is 0 Å². The minimum absolute atomic E-state index is 0. The van der Waals surface area contributed by atoms with Crippen LogP contribution in [0.5, 0.6) is 0 Å². The van der Waals surface area contributed by atoms with Crippen molar-refractivity contribution in [3.05, 3.63) is 20.8 Å². The Hall–Kier alpha value is 0.250. The summed E-state index contributed by atoms with van der Waals surface area (Å²) in [5.41, 5.74) is 1.14. The lowest BCUT2D eigenvalue weighted by molar-refractivity contribution is -0.122. The van der Waals surface area contributed by atoms with Crippen molar-refractivity contribution in [2.24, 2.45) is 0 Å². The summed E-state index contributed by atoms with van der Waals surface area (Å²) in [6.07, 6.45) is 0. The predicted octanol–water partition coefficient (Wildman–Crippen LogP) is 2.21. The molecule has 1 aromatic heterocycles. The fourth-order valence-electron chi connectivity index (χ4n) is 1.31. The molecular weight excluding hydrogens is 332 g/mol. The molecule has 1 aromatic rings. The molecule has 16 heavy (non-hydrogen) atoms. The lowest BCUT2D eigenvalue weighted by Gasteiger charge is -2.09. The van der Waals surface area contributed by atoms with Crippen LogP contribution in [0.2, 0.25) is 0 Å². The van der Waals surface area contributed by atoms with Gasteiger partial charge < -0.3 is 5.32 Å². The monoisotopic (exact) mass is 342 g/mol. The normalized spacial score (nSPS) is 19.2. The maximum atomic E-state index is 11.6. The molecule has 2 rings (SSSR count). The molecule has 1 aliphatic heterocycles. The number of hydrogen-bond acceptors (Lipinski definition) is 4. The maximum Gasteiger partial charge on any atom is 0.238 e. The van der Waals surface area contributed by atoms with E-state index in [-0.39, 0.29) is 24.4 Å². The summed E-state index contributed by atoms with van der Waals surface area (Å²) in [7, 11) is 0. The molecule has 0 bridgehead atoms. The molecule has 0 radical (unpaired) electrons. The molecule has 1 fully saturated rings. The molecule has 1 aliphatic rings. The van der Waals surface area contributed by atoms with E-state index in [1.807, 2.05) is 11.4 Å². The Labute approximate surface area is 117 Å². The number of amides is 1. The van der Waals surface area contributed by atoms with E-state index in [0.29, 0.717) is 6.54 Å². The van der Waals surface area contributed by atoms with Gasteiger partial charge in [-0.1, -0.05) is 0 Å². The molecule has 1 unspecified atom stereocenters. The molecule has 0 aliphatic carbocycles. The minimum Gasteiger partial charge on any atom is -0.351 e. The molecule has 0 saturated carbocycles. The molecule has 7 heteroatoms. The van der Waals surface area contributed by atoms with Gasteiger partial charge in [-0.3, -0.25) is 10.1 Å². The average Bonchev–Trinajstić information content (AvgIpc) is 2.84. The van der Waals surface area contributed by atoms with Gasteiger partial charge in [0.05, 0.1) is 9.83 Å². The van der Waals surface area contributed by atoms with Gasteiger partial charge in [0, 0.05) is 18.2 Å². The van der Waals surface area contributed by atoms with Crippen LogP contribution in [0.1, 0.15) is 5.56 Å². The molecular formula is C9H12BrClN2OS2. The quantitative estimate of drug-likeness (QED) is 0.884. The van der Waals surface area contributed by atoms with E-state index in [1.54, 1.807) is 23.1 Å². The van der Waals surface area contributed by atoms with Crippen LogP contribution < -0.4 is 10.6 Å². The summed E-state index contributed by atoms with van der Waals surface area (Å²) < 4.78 is 1.10. The summed E-state index contributed by atoms with van der Waals surface area (Å²) in [4.78, 5) is 11.6. The van der Waals surface area contributed by atoms with Crippen molar-refractivity contribution in [1.82, 2.24) is 10.6 Å². The molecule has 0 aromatic carbocycles. The van der Waals surface area contributed by atoms with Gasteiger partial charge in [-0.15, -0.1) is 35.5 Å². The van der Waals surface area contributed by atoms with E-state index in [4.69, 9.17) is 0 Å². The topological polar surface area (TPSA) is 41.1 Å². The van der Waals surface area contributed by atoms with Crippen LogP contribution in [0.4, 0.5) is 0 Å². The number of thioether (sulfide) groups is 1. The lowest BCUT2D eigenvalue weighted by Crippen LogP contribution is -2.41. The summed E-state index contributed by atoms with van der Waals surface area (Å²) >= 11 is 6.79. The Bertz CT molecular complexity index is 355. The van der Waals surface area contributed by atoms with Crippen molar-refractivity contribution >= 4 is 57.3 Å². The van der Waals surface area contributed by atoms with Gasteiger partial charge in [0.15, 0.2) is 0 Å². The fourth-order valence-corrected chi connectivity index (χ4v) is 3.47. The zero-order valence-corrected chi connectivity index (χ0v) is 12.4. The van der Waals surface area contributed by atoms with Crippen molar-refractivity contribution in [3.63, 3.8) is 0 Å². The molecule has 90 valence electrons. The fraction of sp³-hybridized carbons (Fsp3) is 0.444. The first kappa shape index (κ1) is 14.3. The van der Waals surface area contributed by atoms with E-state index in [1.165, 1.54) is 0 Å². The number of carbonyl (C=O) groups excluding carboxylic acids is 1. The first-order valence-electron chi connectivity index (χ1n) is 4.57. The number of nitrogens with one attached hydrogen (secondary N) is 2. The number of thiophene rings is 1. The highest BCUT2D eigenvalue weighted by Crippen LogP contribution is 2.20. The lowest BCUT2D eigenvalue weighted by atomic mass is 10.3.